The molecule has 0 amide bonds. The number of hydroxylamine groups is 1. The summed E-state index contributed by atoms with van der Waals surface area (Å²) in [5.41, 5.74) is 3.52. The number of rotatable bonds is 5. The molecule has 1 unspecified atom stereocenters. The molecule has 78 valence electrons. The first-order valence-electron chi connectivity index (χ1n) is 3.94. The zero-order valence-electron chi connectivity index (χ0n) is 7.62. The highest BCUT2D eigenvalue weighted by molar-refractivity contribution is 7.33. The van der Waals surface area contributed by atoms with E-state index in [1.165, 1.54) is 7.11 Å². The molecule has 1 rings (SSSR count). The molecule has 0 aromatic heterocycles. The second-order valence-electron chi connectivity index (χ2n) is 2.50. The van der Waals surface area contributed by atoms with Crippen LogP contribution in [0, 0.1) is 0 Å². The van der Waals surface area contributed by atoms with Crippen molar-refractivity contribution in [2.24, 2.45) is 0 Å². The van der Waals surface area contributed by atoms with Crippen LogP contribution in [0.3, 0.4) is 0 Å². The van der Waals surface area contributed by atoms with Crippen molar-refractivity contribution in [3.05, 3.63) is 34.9 Å². The third-order valence-corrected chi connectivity index (χ3v) is 2.41. The van der Waals surface area contributed by atoms with Gasteiger partial charge in [-0.05, 0) is 17.7 Å². The van der Waals surface area contributed by atoms with Crippen LogP contribution in [0.5, 0.6) is 0 Å². The standard InChI is InChI=1S/C8H11ClNO3P/c1-12-14(11)13-10-6-7-2-4-8(9)5-3-7/h2-5,10,14H,6H2,1H3. The first kappa shape index (κ1) is 11.7. The van der Waals surface area contributed by atoms with Crippen LogP contribution in [0.1, 0.15) is 5.56 Å². The van der Waals surface area contributed by atoms with Gasteiger partial charge in [0.25, 0.3) is 0 Å². The van der Waals surface area contributed by atoms with Crippen LogP contribution in [0.25, 0.3) is 0 Å². The predicted octanol–water partition coefficient (Wildman–Crippen LogP) is 2.40. The molecule has 0 saturated carbocycles. The lowest BCUT2D eigenvalue weighted by atomic mass is 10.2. The summed E-state index contributed by atoms with van der Waals surface area (Å²) < 4.78 is 19.8. The Balaban J connectivity index is 2.31. The average molecular weight is 236 g/mol. The highest BCUT2D eigenvalue weighted by atomic mass is 35.5. The number of nitrogens with one attached hydrogen (secondary N) is 1. The molecule has 14 heavy (non-hydrogen) atoms. The van der Waals surface area contributed by atoms with E-state index in [9.17, 15) is 4.57 Å². The molecule has 0 spiro atoms. The molecule has 1 aromatic carbocycles. The Morgan fingerprint density at radius 1 is 1.43 bits per heavy atom. The minimum Gasteiger partial charge on any atom is -0.313 e. The minimum atomic E-state index is -2.39. The maximum Gasteiger partial charge on any atom is 0.335 e. The molecular formula is C8H11ClNO3P. The quantitative estimate of drug-likeness (QED) is 0.629. The van der Waals surface area contributed by atoms with Gasteiger partial charge in [-0.25, -0.2) is 4.62 Å². The predicted molar refractivity (Wildman–Crippen MR) is 55.4 cm³/mol. The SMILES string of the molecule is CO[PH](=O)ONCc1ccc(Cl)cc1. The molecule has 0 radical (unpaired) electrons. The Morgan fingerprint density at radius 2 is 2.07 bits per heavy atom. The Hall–Kier alpha value is -0.380. The van der Waals surface area contributed by atoms with Gasteiger partial charge in [-0.3, -0.25) is 4.57 Å². The summed E-state index contributed by atoms with van der Waals surface area (Å²) in [4.78, 5) is 0. The van der Waals surface area contributed by atoms with Gasteiger partial charge < -0.3 is 4.52 Å². The molecular weight excluding hydrogens is 225 g/mol. The van der Waals surface area contributed by atoms with Gasteiger partial charge in [0.2, 0.25) is 0 Å². The summed E-state index contributed by atoms with van der Waals surface area (Å²) in [6.07, 6.45) is 0. The molecule has 0 heterocycles. The van der Waals surface area contributed by atoms with E-state index < -0.39 is 8.25 Å². The van der Waals surface area contributed by atoms with E-state index >= 15 is 0 Å². The Kier molecular flexibility index (Phi) is 5.15. The summed E-state index contributed by atoms with van der Waals surface area (Å²) in [5, 5.41) is 0.681. The fraction of sp³-hybridized carbons (Fsp3) is 0.250. The molecule has 0 aliphatic heterocycles. The van der Waals surface area contributed by atoms with E-state index in [2.05, 4.69) is 14.6 Å². The lowest BCUT2D eigenvalue weighted by Crippen LogP contribution is -2.09. The fourth-order valence-electron chi connectivity index (χ4n) is 0.822. The van der Waals surface area contributed by atoms with Gasteiger partial charge in [0.1, 0.15) is 0 Å². The molecule has 1 atom stereocenters. The van der Waals surface area contributed by atoms with Gasteiger partial charge in [0, 0.05) is 18.7 Å². The molecule has 0 bridgehead atoms. The molecule has 1 N–H and O–H groups in total. The van der Waals surface area contributed by atoms with Crippen molar-refractivity contribution in [3.63, 3.8) is 0 Å². The zero-order chi connectivity index (χ0) is 10.4. The topological polar surface area (TPSA) is 47.6 Å². The molecule has 0 saturated heterocycles. The fourth-order valence-corrected chi connectivity index (χ4v) is 1.22. The molecule has 0 aliphatic rings. The number of benzene rings is 1. The van der Waals surface area contributed by atoms with Crippen LogP contribution in [0.2, 0.25) is 5.02 Å². The third kappa shape index (κ3) is 4.22. The van der Waals surface area contributed by atoms with Crippen molar-refractivity contribution in [2.45, 2.75) is 6.54 Å². The lowest BCUT2D eigenvalue weighted by Gasteiger charge is -2.04. The van der Waals surface area contributed by atoms with Gasteiger partial charge in [-0.2, -0.15) is 5.48 Å². The second-order valence-corrected chi connectivity index (χ2v) is 4.05. The lowest BCUT2D eigenvalue weighted by molar-refractivity contribution is 0.166. The Morgan fingerprint density at radius 3 is 2.64 bits per heavy atom. The van der Waals surface area contributed by atoms with Crippen molar-refractivity contribution in [1.82, 2.24) is 5.48 Å². The van der Waals surface area contributed by atoms with E-state index in [-0.39, 0.29) is 0 Å². The number of hydrogen-bond acceptors (Lipinski definition) is 4. The van der Waals surface area contributed by atoms with E-state index in [1.807, 2.05) is 12.1 Å². The average Bonchev–Trinajstić information content (AvgIpc) is 2.21. The molecule has 4 nitrogen and oxygen atoms in total. The summed E-state index contributed by atoms with van der Waals surface area (Å²) in [6, 6.07) is 7.25. The Labute approximate surface area is 88.1 Å². The van der Waals surface area contributed by atoms with E-state index in [0.29, 0.717) is 11.6 Å². The first-order chi connectivity index (χ1) is 6.72. The third-order valence-electron chi connectivity index (χ3n) is 1.51. The maximum atomic E-state index is 10.7. The van der Waals surface area contributed by atoms with Crippen LogP contribution in [-0.2, 0) is 20.3 Å². The molecule has 0 fully saturated rings. The monoisotopic (exact) mass is 235 g/mol. The Bertz CT molecular complexity index is 304. The van der Waals surface area contributed by atoms with Crippen molar-refractivity contribution in [2.75, 3.05) is 7.11 Å². The van der Waals surface area contributed by atoms with Crippen molar-refractivity contribution < 1.29 is 13.7 Å². The van der Waals surface area contributed by atoms with Gasteiger partial charge in [-0.15, -0.1) is 0 Å². The van der Waals surface area contributed by atoms with E-state index in [1.54, 1.807) is 12.1 Å². The summed E-state index contributed by atoms with van der Waals surface area (Å²) >= 11 is 5.70. The summed E-state index contributed by atoms with van der Waals surface area (Å²) in [6.45, 7) is 0.455. The van der Waals surface area contributed by atoms with Crippen LogP contribution in [0.15, 0.2) is 24.3 Å². The van der Waals surface area contributed by atoms with Crippen LogP contribution in [0.4, 0.5) is 0 Å². The molecule has 6 heteroatoms. The largest absolute Gasteiger partial charge is 0.335 e. The zero-order valence-corrected chi connectivity index (χ0v) is 9.38. The van der Waals surface area contributed by atoms with Crippen LogP contribution in [-0.4, -0.2) is 7.11 Å². The highest BCUT2D eigenvalue weighted by Gasteiger charge is 1.96. The maximum absolute atomic E-state index is 10.7. The summed E-state index contributed by atoms with van der Waals surface area (Å²) in [5.74, 6) is 0. The van der Waals surface area contributed by atoms with E-state index in [4.69, 9.17) is 11.6 Å². The van der Waals surface area contributed by atoms with Crippen LogP contribution < -0.4 is 5.48 Å². The van der Waals surface area contributed by atoms with Crippen molar-refractivity contribution >= 4 is 19.9 Å². The first-order valence-corrected chi connectivity index (χ1v) is 5.54. The highest BCUT2D eigenvalue weighted by Crippen LogP contribution is 2.19. The number of halogens is 1. The van der Waals surface area contributed by atoms with Gasteiger partial charge in [0.05, 0.1) is 0 Å². The van der Waals surface area contributed by atoms with Crippen molar-refractivity contribution in [1.29, 1.82) is 0 Å². The minimum absolute atomic E-state index is 0.455. The molecule has 1 aromatic rings. The second kappa shape index (κ2) is 6.17. The van der Waals surface area contributed by atoms with E-state index in [0.717, 1.165) is 5.56 Å². The van der Waals surface area contributed by atoms with Crippen molar-refractivity contribution in [3.8, 4) is 0 Å². The summed E-state index contributed by atoms with van der Waals surface area (Å²) in [7, 11) is -1.07. The molecule has 0 aliphatic carbocycles. The van der Waals surface area contributed by atoms with Crippen LogP contribution >= 0.6 is 19.9 Å². The number of hydrogen-bond donors (Lipinski definition) is 1. The van der Waals surface area contributed by atoms with Gasteiger partial charge >= 0.3 is 8.25 Å². The normalized spacial score (nSPS) is 12.7. The van der Waals surface area contributed by atoms with Gasteiger partial charge in [-0.1, -0.05) is 23.7 Å². The van der Waals surface area contributed by atoms with Gasteiger partial charge in [0.15, 0.2) is 0 Å². The smallest absolute Gasteiger partial charge is 0.313 e.